The molecule has 0 aliphatic carbocycles. The van der Waals surface area contributed by atoms with Gasteiger partial charge in [-0.05, 0) is 41.8 Å². The average Bonchev–Trinajstić information content (AvgIpc) is 2.95. The minimum absolute atomic E-state index is 0.327. The van der Waals surface area contributed by atoms with E-state index in [2.05, 4.69) is 0 Å². The van der Waals surface area contributed by atoms with Gasteiger partial charge < -0.3 is 0 Å². The maximum Gasteiger partial charge on any atom is 0.258 e. The molecule has 0 bridgehead atoms. The van der Waals surface area contributed by atoms with Crippen molar-refractivity contribution in [3.63, 3.8) is 0 Å². The van der Waals surface area contributed by atoms with Gasteiger partial charge >= 0.3 is 0 Å². The number of anilines is 2. The molecule has 0 atom stereocenters. The molecule has 0 radical (unpaired) electrons. The van der Waals surface area contributed by atoms with Crippen molar-refractivity contribution < 1.29 is 19.2 Å². The third kappa shape index (κ3) is 3.84. The number of hydrogen-bond acceptors (Lipinski definition) is 4. The van der Waals surface area contributed by atoms with Crippen molar-refractivity contribution in [3.8, 4) is 0 Å². The SMILES string of the molecule is CC(=O)N(C(C)=O)c1ccc(Cc2ccc(N3C(=O)C=CC3=O)cc2)cc1. The molecule has 0 unspecified atom stereocenters. The standard InChI is InChI=1S/C21H18N2O4/c1-14(24)22(15(2)25)18-7-3-16(4-8-18)13-17-5-9-19(10-6-17)23-20(26)11-12-21(23)27/h3-12H,13H2,1-2H3. The Morgan fingerprint density at radius 3 is 1.67 bits per heavy atom. The lowest BCUT2D eigenvalue weighted by molar-refractivity contribution is -0.124. The monoisotopic (exact) mass is 362 g/mol. The van der Waals surface area contributed by atoms with Gasteiger partial charge in [0.2, 0.25) is 11.8 Å². The molecule has 0 aromatic heterocycles. The fraction of sp³-hybridized carbons (Fsp3) is 0.143. The van der Waals surface area contributed by atoms with Crippen molar-refractivity contribution in [3.05, 3.63) is 71.8 Å². The summed E-state index contributed by atoms with van der Waals surface area (Å²) >= 11 is 0. The first-order chi connectivity index (χ1) is 12.9. The molecule has 27 heavy (non-hydrogen) atoms. The smallest absolute Gasteiger partial charge is 0.258 e. The van der Waals surface area contributed by atoms with Crippen LogP contribution < -0.4 is 9.80 Å². The van der Waals surface area contributed by atoms with Crippen molar-refractivity contribution in [1.82, 2.24) is 0 Å². The first-order valence-corrected chi connectivity index (χ1v) is 8.42. The summed E-state index contributed by atoms with van der Waals surface area (Å²) in [6.07, 6.45) is 3.15. The van der Waals surface area contributed by atoms with Gasteiger partial charge in [0.1, 0.15) is 0 Å². The Bertz CT molecular complexity index is 868. The van der Waals surface area contributed by atoms with E-state index in [0.717, 1.165) is 20.9 Å². The molecule has 1 heterocycles. The molecule has 6 heteroatoms. The summed E-state index contributed by atoms with van der Waals surface area (Å²) < 4.78 is 0. The molecule has 0 fully saturated rings. The van der Waals surface area contributed by atoms with Gasteiger partial charge in [-0.2, -0.15) is 0 Å². The van der Waals surface area contributed by atoms with Gasteiger partial charge in [0.25, 0.3) is 11.8 Å². The van der Waals surface area contributed by atoms with E-state index >= 15 is 0 Å². The summed E-state index contributed by atoms with van der Waals surface area (Å²) in [5, 5.41) is 0. The molecule has 0 saturated carbocycles. The molecule has 0 N–H and O–H groups in total. The summed E-state index contributed by atoms with van der Waals surface area (Å²) in [7, 11) is 0. The lowest BCUT2D eigenvalue weighted by Gasteiger charge is -2.17. The number of carbonyl (C=O) groups is 4. The van der Waals surface area contributed by atoms with E-state index in [-0.39, 0.29) is 23.6 Å². The lowest BCUT2D eigenvalue weighted by Crippen LogP contribution is -2.32. The van der Waals surface area contributed by atoms with Gasteiger partial charge in [-0.15, -0.1) is 0 Å². The minimum atomic E-state index is -0.344. The average molecular weight is 362 g/mol. The van der Waals surface area contributed by atoms with E-state index in [0.29, 0.717) is 17.8 Å². The Balaban J connectivity index is 1.72. The van der Waals surface area contributed by atoms with E-state index < -0.39 is 0 Å². The van der Waals surface area contributed by atoms with Crippen LogP contribution in [-0.4, -0.2) is 23.6 Å². The summed E-state index contributed by atoms with van der Waals surface area (Å²) in [5.74, 6) is -1.34. The summed E-state index contributed by atoms with van der Waals surface area (Å²) in [6, 6.07) is 14.4. The zero-order chi connectivity index (χ0) is 19.6. The molecule has 1 aliphatic heterocycles. The highest BCUT2D eigenvalue weighted by Crippen LogP contribution is 2.22. The second-order valence-corrected chi connectivity index (χ2v) is 6.23. The van der Waals surface area contributed by atoms with Gasteiger partial charge in [0.05, 0.1) is 11.4 Å². The number of amides is 4. The van der Waals surface area contributed by atoms with Crippen molar-refractivity contribution in [2.45, 2.75) is 20.3 Å². The van der Waals surface area contributed by atoms with E-state index in [4.69, 9.17) is 0 Å². The Morgan fingerprint density at radius 2 is 1.22 bits per heavy atom. The van der Waals surface area contributed by atoms with Gasteiger partial charge in [-0.1, -0.05) is 24.3 Å². The molecule has 6 nitrogen and oxygen atoms in total. The van der Waals surface area contributed by atoms with E-state index in [1.165, 1.54) is 26.0 Å². The van der Waals surface area contributed by atoms with Crippen LogP contribution in [-0.2, 0) is 25.6 Å². The number of carbonyl (C=O) groups excluding carboxylic acids is 4. The van der Waals surface area contributed by atoms with Crippen molar-refractivity contribution in [2.75, 3.05) is 9.80 Å². The van der Waals surface area contributed by atoms with Crippen LogP contribution in [0.2, 0.25) is 0 Å². The van der Waals surface area contributed by atoms with Crippen LogP contribution >= 0.6 is 0 Å². The van der Waals surface area contributed by atoms with Crippen LogP contribution in [0.4, 0.5) is 11.4 Å². The second kappa shape index (κ2) is 7.37. The van der Waals surface area contributed by atoms with Crippen LogP contribution in [0.15, 0.2) is 60.7 Å². The molecule has 3 rings (SSSR count). The molecular formula is C21H18N2O4. The maximum absolute atomic E-state index is 11.7. The Hall–Kier alpha value is -3.54. The summed E-state index contributed by atoms with van der Waals surface area (Å²) in [5.41, 5.74) is 3.09. The molecule has 2 aromatic carbocycles. The first kappa shape index (κ1) is 18.3. The van der Waals surface area contributed by atoms with Gasteiger partial charge in [0, 0.05) is 26.0 Å². The molecular weight excluding hydrogens is 344 g/mol. The minimum Gasteiger partial charge on any atom is -0.274 e. The number of benzene rings is 2. The molecule has 0 saturated heterocycles. The topological polar surface area (TPSA) is 74.8 Å². The van der Waals surface area contributed by atoms with E-state index in [9.17, 15) is 19.2 Å². The van der Waals surface area contributed by atoms with Crippen molar-refractivity contribution >= 4 is 35.0 Å². The third-order valence-corrected chi connectivity index (χ3v) is 4.24. The second-order valence-electron chi connectivity index (χ2n) is 6.23. The highest BCUT2D eigenvalue weighted by molar-refractivity contribution is 6.28. The highest BCUT2D eigenvalue weighted by atomic mass is 16.2. The quantitative estimate of drug-likeness (QED) is 0.784. The van der Waals surface area contributed by atoms with Gasteiger partial charge in [-0.3, -0.25) is 24.1 Å². The fourth-order valence-electron chi connectivity index (χ4n) is 3.00. The number of rotatable bonds is 4. The number of hydrogen-bond donors (Lipinski definition) is 0. The van der Waals surface area contributed by atoms with E-state index in [1.807, 2.05) is 24.3 Å². The Labute approximate surface area is 156 Å². The maximum atomic E-state index is 11.7. The highest BCUT2D eigenvalue weighted by Gasteiger charge is 2.24. The largest absolute Gasteiger partial charge is 0.274 e. The summed E-state index contributed by atoms with van der Waals surface area (Å²) in [4.78, 5) is 48.9. The molecule has 1 aliphatic rings. The molecule has 4 amide bonds. The third-order valence-electron chi connectivity index (χ3n) is 4.24. The first-order valence-electron chi connectivity index (χ1n) is 8.42. The number of imide groups is 2. The predicted octanol–water partition coefficient (Wildman–Crippen LogP) is 2.61. The van der Waals surface area contributed by atoms with Crippen LogP contribution in [0, 0.1) is 0 Å². The van der Waals surface area contributed by atoms with E-state index in [1.54, 1.807) is 24.3 Å². The zero-order valence-electron chi connectivity index (χ0n) is 15.0. The lowest BCUT2D eigenvalue weighted by atomic mass is 10.0. The van der Waals surface area contributed by atoms with Crippen LogP contribution in [0.25, 0.3) is 0 Å². The zero-order valence-corrected chi connectivity index (χ0v) is 15.0. The number of nitrogens with zero attached hydrogens (tertiary/aromatic N) is 2. The van der Waals surface area contributed by atoms with Crippen LogP contribution in [0.1, 0.15) is 25.0 Å². The normalized spacial score (nSPS) is 13.2. The Kier molecular flexibility index (Phi) is 4.98. The van der Waals surface area contributed by atoms with Gasteiger partial charge in [-0.25, -0.2) is 4.90 Å². The molecule has 2 aromatic rings. The molecule has 136 valence electrons. The van der Waals surface area contributed by atoms with Crippen molar-refractivity contribution in [1.29, 1.82) is 0 Å². The van der Waals surface area contributed by atoms with Crippen LogP contribution in [0.3, 0.4) is 0 Å². The Morgan fingerprint density at radius 1 is 0.778 bits per heavy atom. The molecule has 0 spiro atoms. The predicted molar refractivity (Wildman–Crippen MR) is 101 cm³/mol. The summed E-state index contributed by atoms with van der Waals surface area (Å²) in [6.45, 7) is 2.70. The van der Waals surface area contributed by atoms with Gasteiger partial charge in [0.15, 0.2) is 0 Å². The fourth-order valence-corrected chi connectivity index (χ4v) is 3.00. The van der Waals surface area contributed by atoms with Crippen molar-refractivity contribution in [2.24, 2.45) is 0 Å². The van der Waals surface area contributed by atoms with Crippen LogP contribution in [0.5, 0.6) is 0 Å².